The molecule has 0 amide bonds. The van der Waals surface area contributed by atoms with Crippen LogP contribution in [0, 0.1) is 5.92 Å². The molecule has 1 aromatic carbocycles. The number of ether oxygens (including phenoxy) is 1. The zero-order valence-electron chi connectivity index (χ0n) is 12.8. The van der Waals surface area contributed by atoms with E-state index in [0.717, 1.165) is 37.4 Å². The summed E-state index contributed by atoms with van der Waals surface area (Å²) in [5, 5.41) is 7.61. The second-order valence-electron chi connectivity index (χ2n) is 5.91. The minimum absolute atomic E-state index is 0.584. The Hall–Kier alpha value is -2.69. The van der Waals surface area contributed by atoms with Gasteiger partial charge in [-0.1, -0.05) is 24.3 Å². The summed E-state index contributed by atoms with van der Waals surface area (Å²) in [5.41, 5.74) is 2.57. The molecule has 0 spiro atoms. The number of fused-ring (bicyclic) bond motifs is 1. The quantitative estimate of drug-likeness (QED) is 0.746. The molecule has 5 heteroatoms. The van der Waals surface area contributed by atoms with Crippen LogP contribution in [0.5, 0.6) is 5.75 Å². The van der Waals surface area contributed by atoms with Crippen LogP contribution in [0.1, 0.15) is 17.5 Å². The zero-order valence-corrected chi connectivity index (χ0v) is 12.8. The summed E-state index contributed by atoms with van der Waals surface area (Å²) in [4.78, 5) is 4.51. The van der Waals surface area contributed by atoms with Gasteiger partial charge in [-0.25, -0.2) is 4.98 Å². The molecule has 1 atom stereocenters. The molecule has 0 bridgehead atoms. The first-order valence-corrected chi connectivity index (χ1v) is 7.89. The minimum atomic E-state index is 0.584. The largest absolute Gasteiger partial charge is 0.493 e. The molecule has 3 aromatic rings. The Balaban J connectivity index is 1.48. The van der Waals surface area contributed by atoms with Gasteiger partial charge in [-0.3, -0.25) is 4.57 Å². The van der Waals surface area contributed by atoms with E-state index in [-0.39, 0.29) is 0 Å². The smallest absolute Gasteiger partial charge is 0.139 e. The zero-order chi connectivity index (χ0) is 15.5. The third-order valence-corrected chi connectivity index (χ3v) is 4.28. The Morgan fingerprint density at radius 2 is 1.96 bits per heavy atom. The maximum atomic E-state index is 5.85. The Bertz CT molecular complexity index is 768. The molecular formula is C18H18N4O. The van der Waals surface area contributed by atoms with E-state index in [0.29, 0.717) is 5.92 Å². The summed E-state index contributed by atoms with van der Waals surface area (Å²) in [6, 6.07) is 12.5. The van der Waals surface area contributed by atoms with Crippen molar-refractivity contribution in [2.24, 2.45) is 5.92 Å². The Morgan fingerprint density at radius 3 is 2.78 bits per heavy atom. The molecule has 116 valence electrons. The summed E-state index contributed by atoms with van der Waals surface area (Å²) in [6.07, 6.45) is 8.41. The van der Waals surface area contributed by atoms with Crippen LogP contribution in [0.4, 0.5) is 0 Å². The van der Waals surface area contributed by atoms with Crippen molar-refractivity contribution in [2.45, 2.75) is 19.3 Å². The van der Waals surface area contributed by atoms with Crippen molar-refractivity contribution in [3.05, 3.63) is 66.4 Å². The molecule has 1 aliphatic heterocycles. The number of para-hydroxylation sites is 1. The van der Waals surface area contributed by atoms with Gasteiger partial charge >= 0.3 is 0 Å². The molecule has 0 saturated carbocycles. The molecule has 0 N–H and O–H groups in total. The molecule has 3 heterocycles. The molecule has 0 radical (unpaired) electrons. The number of hydrogen-bond donors (Lipinski definition) is 0. The number of nitrogens with zero attached hydrogens (tertiary/aromatic N) is 4. The van der Waals surface area contributed by atoms with Gasteiger partial charge in [0.1, 0.15) is 24.2 Å². The Kier molecular flexibility index (Phi) is 3.76. The standard InChI is InChI=1S/C18H18N4O/c1-2-4-17-16(3-1)10-14(7-8-23-17)9-15-5-6-18(19-11-15)22-12-20-21-13-22/h1-6,11-14H,7-10H2. The average Bonchev–Trinajstić information content (AvgIpc) is 3.04. The predicted octanol–water partition coefficient (Wildman–Crippen LogP) is 2.85. The molecule has 2 aromatic heterocycles. The Morgan fingerprint density at radius 1 is 1.09 bits per heavy atom. The summed E-state index contributed by atoms with van der Waals surface area (Å²) in [7, 11) is 0. The van der Waals surface area contributed by atoms with Gasteiger partial charge < -0.3 is 4.74 Å². The van der Waals surface area contributed by atoms with Crippen molar-refractivity contribution in [3.63, 3.8) is 0 Å². The van der Waals surface area contributed by atoms with E-state index in [9.17, 15) is 0 Å². The van der Waals surface area contributed by atoms with Crippen LogP contribution in [0.15, 0.2) is 55.2 Å². The molecule has 4 rings (SSSR count). The molecule has 1 unspecified atom stereocenters. The second kappa shape index (κ2) is 6.20. The van der Waals surface area contributed by atoms with E-state index in [1.54, 1.807) is 17.2 Å². The highest BCUT2D eigenvalue weighted by Gasteiger charge is 2.17. The van der Waals surface area contributed by atoms with Crippen molar-refractivity contribution in [1.29, 1.82) is 0 Å². The lowest BCUT2D eigenvalue weighted by atomic mass is 9.91. The van der Waals surface area contributed by atoms with Gasteiger partial charge in [0.2, 0.25) is 0 Å². The number of aromatic nitrogens is 4. The number of rotatable bonds is 3. The van der Waals surface area contributed by atoms with Gasteiger partial charge in [-0.2, -0.15) is 0 Å². The molecule has 0 aliphatic carbocycles. The molecule has 0 fully saturated rings. The van der Waals surface area contributed by atoms with Gasteiger partial charge in [0.25, 0.3) is 0 Å². The highest BCUT2D eigenvalue weighted by atomic mass is 16.5. The van der Waals surface area contributed by atoms with Crippen molar-refractivity contribution < 1.29 is 4.74 Å². The van der Waals surface area contributed by atoms with Gasteiger partial charge in [-0.15, -0.1) is 10.2 Å². The van der Waals surface area contributed by atoms with E-state index in [2.05, 4.69) is 39.4 Å². The third-order valence-electron chi connectivity index (χ3n) is 4.28. The van der Waals surface area contributed by atoms with E-state index in [1.807, 2.05) is 18.3 Å². The van der Waals surface area contributed by atoms with Crippen LogP contribution in [0.2, 0.25) is 0 Å². The van der Waals surface area contributed by atoms with Crippen LogP contribution >= 0.6 is 0 Å². The SMILES string of the molecule is c1ccc2c(c1)CC(Cc1ccc(-n3cnnc3)nc1)CCO2. The van der Waals surface area contributed by atoms with Gasteiger partial charge in [0, 0.05) is 6.20 Å². The third kappa shape index (κ3) is 3.08. The second-order valence-corrected chi connectivity index (χ2v) is 5.91. The van der Waals surface area contributed by atoms with Crippen LogP contribution in [0.3, 0.4) is 0 Å². The monoisotopic (exact) mass is 306 g/mol. The lowest BCUT2D eigenvalue weighted by Gasteiger charge is -2.13. The topological polar surface area (TPSA) is 52.8 Å². The predicted molar refractivity (Wildman–Crippen MR) is 86.6 cm³/mol. The first-order valence-electron chi connectivity index (χ1n) is 7.89. The molecule has 1 aliphatic rings. The summed E-state index contributed by atoms with van der Waals surface area (Å²) in [6.45, 7) is 0.786. The lowest BCUT2D eigenvalue weighted by Crippen LogP contribution is -2.09. The van der Waals surface area contributed by atoms with E-state index in [1.165, 1.54) is 11.1 Å². The molecule has 0 saturated heterocycles. The van der Waals surface area contributed by atoms with Crippen LogP contribution in [-0.4, -0.2) is 26.4 Å². The fraction of sp³-hybridized carbons (Fsp3) is 0.278. The van der Waals surface area contributed by atoms with Gasteiger partial charge in [0.05, 0.1) is 6.61 Å². The van der Waals surface area contributed by atoms with E-state index in [4.69, 9.17) is 4.74 Å². The maximum absolute atomic E-state index is 5.85. The molecule has 5 nitrogen and oxygen atoms in total. The highest BCUT2D eigenvalue weighted by molar-refractivity contribution is 5.34. The van der Waals surface area contributed by atoms with Crippen molar-refractivity contribution in [2.75, 3.05) is 6.61 Å². The highest BCUT2D eigenvalue weighted by Crippen LogP contribution is 2.28. The lowest BCUT2D eigenvalue weighted by molar-refractivity contribution is 0.294. The fourth-order valence-corrected chi connectivity index (χ4v) is 3.08. The van der Waals surface area contributed by atoms with Crippen LogP contribution < -0.4 is 4.74 Å². The minimum Gasteiger partial charge on any atom is -0.493 e. The van der Waals surface area contributed by atoms with Crippen LogP contribution in [0.25, 0.3) is 5.82 Å². The van der Waals surface area contributed by atoms with Crippen molar-refractivity contribution >= 4 is 0 Å². The number of pyridine rings is 1. The van der Waals surface area contributed by atoms with E-state index < -0.39 is 0 Å². The first-order chi connectivity index (χ1) is 11.4. The molecule has 23 heavy (non-hydrogen) atoms. The fourth-order valence-electron chi connectivity index (χ4n) is 3.08. The van der Waals surface area contributed by atoms with Crippen molar-refractivity contribution in [3.8, 4) is 11.6 Å². The number of hydrogen-bond acceptors (Lipinski definition) is 4. The molecular weight excluding hydrogens is 288 g/mol. The van der Waals surface area contributed by atoms with Gasteiger partial charge in [0.15, 0.2) is 0 Å². The maximum Gasteiger partial charge on any atom is 0.139 e. The first kappa shape index (κ1) is 13.9. The van der Waals surface area contributed by atoms with Crippen molar-refractivity contribution in [1.82, 2.24) is 19.7 Å². The number of benzene rings is 1. The Labute approximate surface area is 135 Å². The average molecular weight is 306 g/mol. The summed E-state index contributed by atoms with van der Waals surface area (Å²) >= 11 is 0. The van der Waals surface area contributed by atoms with Gasteiger partial charge in [-0.05, 0) is 48.4 Å². The summed E-state index contributed by atoms with van der Waals surface area (Å²) in [5.74, 6) is 2.46. The van der Waals surface area contributed by atoms with Crippen LogP contribution in [-0.2, 0) is 12.8 Å². The van der Waals surface area contributed by atoms with E-state index >= 15 is 0 Å². The summed E-state index contributed by atoms with van der Waals surface area (Å²) < 4.78 is 7.66. The normalized spacial score (nSPS) is 17.1.